The van der Waals surface area contributed by atoms with Crippen LogP contribution in [0.5, 0.6) is 0 Å². The summed E-state index contributed by atoms with van der Waals surface area (Å²) in [6, 6.07) is 0. The lowest BCUT2D eigenvalue weighted by atomic mass is 9.91. The summed E-state index contributed by atoms with van der Waals surface area (Å²) in [5.41, 5.74) is 2.70. The topological polar surface area (TPSA) is 12.0 Å². The van der Waals surface area contributed by atoms with Crippen molar-refractivity contribution in [3.63, 3.8) is 0 Å². The number of thiocarbonyl (C=S) groups is 1. The van der Waals surface area contributed by atoms with Crippen molar-refractivity contribution >= 4 is 17.2 Å². The molecule has 14 heavy (non-hydrogen) atoms. The molecule has 0 bridgehead atoms. The first kappa shape index (κ1) is 9.66. The summed E-state index contributed by atoms with van der Waals surface area (Å²) in [6.45, 7) is 4.40. The molecule has 1 aliphatic carbocycles. The zero-order valence-electron chi connectivity index (χ0n) is 8.63. The highest BCUT2D eigenvalue weighted by Crippen LogP contribution is 2.29. The molecule has 0 atom stereocenters. The van der Waals surface area contributed by atoms with Gasteiger partial charge in [-0.3, -0.25) is 0 Å². The van der Waals surface area contributed by atoms with Crippen LogP contribution in [-0.4, -0.2) is 4.99 Å². The fraction of sp³-hybridized carbons (Fsp3) is 0.417. The van der Waals surface area contributed by atoms with Crippen molar-refractivity contribution < 1.29 is 0 Å². The summed E-state index contributed by atoms with van der Waals surface area (Å²) < 4.78 is 0. The fourth-order valence-electron chi connectivity index (χ4n) is 1.81. The Morgan fingerprint density at radius 3 is 2.93 bits per heavy atom. The Morgan fingerprint density at radius 1 is 1.36 bits per heavy atom. The Labute approximate surface area is 90.6 Å². The third kappa shape index (κ3) is 1.95. The molecule has 1 saturated heterocycles. The summed E-state index contributed by atoms with van der Waals surface area (Å²) in [4.78, 5) is 0.964. The number of fused-ring (bicyclic) bond motifs is 1. The molecule has 2 rings (SSSR count). The van der Waals surface area contributed by atoms with Crippen LogP contribution in [0, 0.1) is 5.41 Å². The van der Waals surface area contributed by atoms with Gasteiger partial charge in [-0.2, -0.15) is 0 Å². The second-order valence-electron chi connectivity index (χ2n) is 4.48. The molecular weight excluding hydrogens is 190 g/mol. The van der Waals surface area contributed by atoms with Gasteiger partial charge in [-0.15, -0.1) is 0 Å². The SMILES string of the molecule is CC1(C)C=CC=C2CCC(=S)NC2=C1. The minimum atomic E-state index is 0.119. The van der Waals surface area contributed by atoms with E-state index < -0.39 is 0 Å². The van der Waals surface area contributed by atoms with Crippen molar-refractivity contribution in [1.29, 1.82) is 0 Å². The number of hydrogen-bond donors (Lipinski definition) is 1. The van der Waals surface area contributed by atoms with Crippen LogP contribution in [0.2, 0.25) is 0 Å². The monoisotopic (exact) mass is 205 g/mol. The van der Waals surface area contributed by atoms with E-state index in [1.54, 1.807) is 0 Å². The number of piperidine rings is 1. The summed E-state index contributed by atoms with van der Waals surface area (Å²) in [6.07, 6.45) is 10.9. The second-order valence-corrected chi connectivity index (χ2v) is 4.97. The van der Waals surface area contributed by atoms with E-state index in [1.807, 2.05) is 0 Å². The van der Waals surface area contributed by atoms with Crippen molar-refractivity contribution in [2.24, 2.45) is 5.41 Å². The highest BCUT2D eigenvalue weighted by Gasteiger charge is 2.20. The van der Waals surface area contributed by atoms with Crippen molar-refractivity contribution in [2.45, 2.75) is 26.7 Å². The van der Waals surface area contributed by atoms with Gasteiger partial charge in [-0.1, -0.05) is 50.4 Å². The van der Waals surface area contributed by atoms with Crippen molar-refractivity contribution in [3.05, 3.63) is 35.6 Å². The quantitative estimate of drug-likeness (QED) is 0.610. The Morgan fingerprint density at radius 2 is 2.14 bits per heavy atom. The summed E-state index contributed by atoms with van der Waals surface area (Å²) in [5, 5.41) is 3.30. The number of allylic oxidation sites excluding steroid dienone is 5. The van der Waals surface area contributed by atoms with Gasteiger partial charge in [0.25, 0.3) is 0 Å². The van der Waals surface area contributed by atoms with Crippen LogP contribution in [-0.2, 0) is 0 Å². The zero-order valence-corrected chi connectivity index (χ0v) is 9.45. The van der Waals surface area contributed by atoms with Crippen LogP contribution in [0.1, 0.15) is 26.7 Å². The van der Waals surface area contributed by atoms with Crippen LogP contribution < -0.4 is 5.32 Å². The average Bonchev–Trinajstić information content (AvgIpc) is 2.21. The van der Waals surface area contributed by atoms with Crippen LogP contribution in [0.3, 0.4) is 0 Å². The Kier molecular flexibility index (Phi) is 2.31. The molecule has 1 fully saturated rings. The zero-order chi connectivity index (χ0) is 10.2. The van der Waals surface area contributed by atoms with Crippen LogP contribution in [0.4, 0.5) is 0 Å². The maximum Gasteiger partial charge on any atom is 0.0800 e. The molecule has 0 radical (unpaired) electrons. The van der Waals surface area contributed by atoms with Gasteiger partial charge in [0.1, 0.15) is 0 Å². The van der Waals surface area contributed by atoms with Gasteiger partial charge in [0.15, 0.2) is 0 Å². The van der Waals surface area contributed by atoms with Crippen LogP contribution in [0.15, 0.2) is 35.6 Å². The van der Waals surface area contributed by atoms with E-state index in [0.29, 0.717) is 0 Å². The van der Waals surface area contributed by atoms with Gasteiger partial charge in [0.05, 0.1) is 4.99 Å². The summed E-state index contributed by atoms with van der Waals surface area (Å²) in [7, 11) is 0. The van der Waals surface area contributed by atoms with E-state index in [4.69, 9.17) is 12.2 Å². The highest BCUT2D eigenvalue weighted by molar-refractivity contribution is 7.80. The molecule has 0 aromatic rings. The lowest BCUT2D eigenvalue weighted by Crippen LogP contribution is -2.27. The fourth-order valence-corrected chi connectivity index (χ4v) is 2.02. The molecule has 1 aliphatic heterocycles. The van der Waals surface area contributed by atoms with E-state index in [1.165, 1.54) is 11.3 Å². The molecule has 0 saturated carbocycles. The Hall–Kier alpha value is -0.890. The maximum absolute atomic E-state index is 5.19. The summed E-state index contributed by atoms with van der Waals surface area (Å²) >= 11 is 5.19. The lowest BCUT2D eigenvalue weighted by Gasteiger charge is -2.23. The molecule has 1 nitrogen and oxygen atoms in total. The van der Waals surface area contributed by atoms with Gasteiger partial charge in [-0.25, -0.2) is 0 Å². The number of hydrogen-bond acceptors (Lipinski definition) is 1. The standard InChI is InChI=1S/C12H15NS/c1-12(2)7-3-4-9-5-6-11(14)13-10(9)8-12/h3-4,7-8H,5-6H2,1-2H3,(H,13,14). The molecule has 0 aromatic heterocycles. The first-order valence-corrected chi connectivity index (χ1v) is 5.39. The Balaban J connectivity index is 2.37. The van der Waals surface area contributed by atoms with Crippen molar-refractivity contribution in [1.82, 2.24) is 5.32 Å². The Bertz CT molecular complexity index is 359. The van der Waals surface area contributed by atoms with Crippen molar-refractivity contribution in [3.8, 4) is 0 Å². The molecule has 0 aromatic carbocycles. The summed E-state index contributed by atoms with van der Waals surface area (Å²) in [5.74, 6) is 0. The molecule has 74 valence electrons. The number of rotatable bonds is 0. The van der Waals surface area contributed by atoms with Gasteiger partial charge in [0, 0.05) is 17.5 Å². The first-order valence-electron chi connectivity index (χ1n) is 4.98. The first-order chi connectivity index (χ1) is 6.57. The predicted molar refractivity (Wildman–Crippen MR) is 64.1 cm³/mol. The second kappa shape index (κ2) is 3.35. The molecule has 2 aliphatic rings. The van der Waals surface area contributed by atoms with E-state index in [2.05, 4.69) is 43.5 Å². The molecule has 2 heteroatoms. The normalized spacial score (nSPS) is 24.3. The van der Waals surface area contributed by atoms with Gasteiger partial charge < -0.3 is 5.32 Å². The van der Waals surface area contributed by atoms with Crippen molar-refractivity contribution in [2.75, 3.05) is 0 Å². The highest BCUT2D eigenvalue weighted by atomic mass is 32.1. The minimum absolute atomic E-state index is 0.119. The van der Waals surface area contributed by atoms with Gasteiger partial charge in [0.2, 0.25) is 0 Å². The van der Waals surface area contributed by atoms with Gasteiger partial charge in [-0.05, 0) is 12.0 Å². The van der Waals surface area contributed by atoms with Crippen LogP contribution in [0.25, 0.3) is 0 Å². The molecular formula is C12H15NS. The third-order valence-electron chi connectivity index (χ3n) is 2.58. The smallest absolute Gasteiger partial charge is 0.0800 e. The molecule has 1 heterocycles. The molecule has 0 unspecified atom stereocenters. The predicted octanol–water partition coefficient (Wildman–Crippen LogP) is 3.10. The molecule has 1 N–H and O–H groups in total. The number of nitrogens with one attached hydrogen (secondary N) is 1. The third-order valence-corrected chi connectivity index (χ3v) is 2.89. The maximum atomic E-state index is 5.19. The van der Waals surface area contributed by atoms with E-state index in [9.17, 15) is 0 Å². The van der Waals surface area contributed by atoms with E-state index >= 15 is 0 Å². The average molecular weight is 205 g/mol. The lowest BCUT2D eigenvalue weighted by molar-refractivity contribution is 0.618. The molecule has 0 spiro atoms. The van der Waals surface area contributed by atoms with Gasteiger partial charge >= 0.3 is 0 Å². The van der Waals surface area contributed by atoms with E-state index in [0.717, 1.165) is 17.8 Å². The molecule has 0 amide bonds. The van der Waals surface area contributed by atoms with Crippen LogP contribution >= 0.6 is 12.2 Å². The largest absolute Gasteiger partial charge is 0.350 e. The van der Waals surface area contributed by atoms with E-state index in [-0.39, 0.29) is 5.41 Å². The minimum Gasteiger partial charge on any atom is -0.350 e.